The molecule has 0 N–H and O–H groups in total. The van der Waals surface area contributed by atoms with Crippen molar-refractivity contribution in [1.82, 2.24) is 8.82 Å². The molecule has 1 atom stereocenters. The molecule has 0 saturated heterocycles. The average Bonchev–Trinajstić information content (AvgIpc) is 3.64. The summed E-state index contributed by atoms with van der Waals surface area (Å²) < 4.78 is 4.97. The zero-order valence-corrected chi connectivity index (χ0v) is 27.6. The first-order chi connectivity index (χ1) is 24.2. The standard InChI is InChI=1S/C44H27BN3P/c49-48-38-19-8-6-15-34(38)41-40(48)25-35-33-17-9-16-32-31-14-5-7-18-37(31)47(43(32)33)45-36-23-28-12-3-4-13-29(28)24-39(36)46(44(41)42(35)45)30-21-20-26-10-1-2-11-27(26)22-30/h1-25H,49H2. The van der Waals surface area contributed by atoms with E-state index in [4.69, 9.17) is 0 Å². The lowest BCUT2D eigenvalue weighted by atomic mass is 9.44. The second-order valence-electron chi connectivity index (χ2n) is 13.6. The number of nitrogens with zero attached hydrogens (tertiary/aromatic N) is 3. The van der Waals surface area contributed by atoms with Crippen LogP contribution in [0.2, 0.25) is 0 Å². The molecule has 0 fully saturated rings. The van der Waals surface area contributed by atoms with Crippen LogP contribution < -0.4 is 15.8 Å². The van der Waals surface area contributed by atoms with Gasteiger partial charge in [0.15, 0.2) is 0 Å². The number of hydrogen-bond acceptors (Lipinski definition) is 1. The number of fused-ring (bicyclic) bond motifs is 13. The molecule has 5 heteroatoms. The van der Waals surface area contributed by atoms with Crippen LogP contribution in [0, 0.1) is 0 Å². The lowest BCUT2D eigenvalue weighted by Gasteiger charge is -2.41. The number of para-hydroxylation sites is 3. The van der Waals surface area contributed by atoms with Crippen molar-refractivity contribution in [3.05, 3.63) is 152 Å². The summed E-state index contributed by atoms with van der Waals surface area (Å²) in [5.41, 5.74) is 14.0. The summed E-state index contributed by atoms with van der Waals surface area (Å²) in [5.74, 6) is 0. The molecule has 12 rings (SSSR count). The molecule has 49 heavy (non-hydrogen) atoms. The lowest BCUT2D eigenvalue weighted by Crippen LogP contribution is -2.56. The first kappa shape index (κ1) is 26.2. The molecule has 0 bridgehead atoms. The van der Waals surface area contributed by atoms with E-state index in [0.29, 0.717) is 0 Å². The molecule has 0 radical (unpaired) electrons. The van der Waals surface area contributed by atoms with Crippen LogP contribution in [0.3, 0.4) is 0 Å². The fourth-order valence-electron chi connectivity index (χ4n) is 9.21. The third-order valence-corrected chi connectivity index (χ3v) is 11.8. The normalized spacial score (nSPS) is 13.3. The first-order valence-electron chi connectivity index (χ1n) is 16.9. The molecule has 0 aliphatic carbocycles. The summed E-state index contributed by atoms with van der Waals surface area (Å²) in [6.07, 6.45) is 0. The second kappa shape index (κ2) is 9.20. The summed E-state index contributed by atoms with van der Waals surface area (Å²) >= 11 is 0. The Morgan fingerprint density at radius 1 is 0.490 bits per heavy atom. The minimum atomic E-state index is -0.00497. The van der Waals surface area contributed by atoms with Crippen molar-refractivity contribution in [2.75, 3.05) is 4.90 Å². The van der Waals surface area contributed by atoms with Gasteiger partial charge in [-0.3, -0.25) is 0 Å². The Morgan fingerprint density at radius 2 is 1.16 bits per heavy atom. The van der Waals surface area contributed by atoms with E-state index < -0.39 is 0 Å². The Hall–Kier alpha value is -5.83. The Morgan fingerprint density at radius 3 is 2.00 bits per heavy atom. The minimum Gasteiger partial charge on any atom is -0.375 e. The molecule has 8 aromatic carbocycles. The monoisotopic (exact) mass is 639 g/mol. The van der Waals surface area contributed by atoms with Crippen LogP contribution >= 0.6 is 9.39 Å². The molecule has 0 spiro atoms. The van der Waals surface area contributed by atoms with Crippen LogP contribution in [0.5, 0.6) is 0 Å². The maximum Gasteiger partial charge on any atom is 0.333 e. The molecule has 1 unspecified atom stereocenters. The van der Waals surface area contributed by atoms with Crippen LogP contribution in [-0.2, 0) is 0 Å². The van der Waals surface area contributed by atoms with Crippen molar-refractivity contribution in [2.45, 2.75) is 0 Å². The summed E-state index contributed by atoms with van der Waals surface area (Å²) in [4.78, 5) is 2.58. The predicted molar refractivity (Wildman–Crippen MR) is 213 cm³/mol. The topological polar surface area (TPSA) is 13.1 Å². The Bertz CT molecular complexity index is 3100. The van der Waals surface area contributed by atoms with Gasteiger partial charge in [-0.1, -0.05) is 115 Å². The fourth-order valence-corrected chi connectivity index (χ4v) is 9.64. The molecule has 0 saturated carbocycles. The van der Waals surface area contributed by atoms with Gasteiger partial charge in [0, 0.05) is 49.5 Å². The van der Waals surface area contributed by atoms with E-state index >= 15 is 0 Å². The summed E-state index contributed by atoms with van der Waals surface area (Å²) in [7, 11) is 3.03. The quantitative estimate of drug-likeness (QED) is 0.129. The van der Waals surface area contributed by atoms with E-state index in [1.165, 1.54) is 104 Å². The van der Waals surface area contributed by atoms with E-state index in [1.807, 2.05) is 0 Å². The number of benzene rings is 8. The first-order valence-corrected chi connectivity index (χ1v) is 17.4. The van der Waals surface area contributed by atoms with Gasteiger partial charge in [0.2, 0.25) is 0 Å². The van der Waals surface area contributed by atoms with Crippen LogP contribution in [0.25, 0.3) is 76.3 Å². The molecule has 0 amide bonds. The van der Waals surface area contributed by atoms with Crippen LogP contribution in [0.1, 0.15) is 0 Å². The fraction of sp³-hybridized carbons (Fsp3) is 0. The van der Waals surface area contributed by atoms with E-state index in [-0.39, 0.29) is 6.85 Å². The zero-order chi connectivity index (χ0) is 32.0. The third kappa shape index (κ3) is 3.23. The van der Waals surface area contributed by atoms with Crippen molar-refractivity contribution in [2.24, 2.45) is 0 Å². The zero-order valence-electron chi connectivity index (χ0n) is 26.4. The maximum atomic E-state index is 3.03. The molecule has 2 aromatic heterocycles. The third-order valence-electron chi connectivity index (χ3n) is 11.2. The van der Waals surface area contributed by atoms with Crippen molar-refractivity contribution in [3.63, 3.8) is 0 Å². The molecule has 2 aliphatic rings. The van der Waals surface area contributed by atoms with Gasteiger partial charge >= 0.3 is 6.85 Å². The van der Waals surface area contributed by atoms with E-state index in [0.717, 1.165) is 0 Å². The van der Waals surface area contributed by atoms with Gasteiger partial charge in [0.25, 0.3) is 0 Å². The predicted octanol–water partition coefficient (Wildman–Crippen LogP) is 10.3. The van der Waals surface area contributed by atoms with E-state index in [9.17, 15) is 0 Å². The number of anilines is 3. The van der Waals surface area contributed by atoms with Crippen LogP contribution in [0.4, 0.5) is 17.1 Å². The van der Waals surface area contributed by atoms with Crippen molar-refractivity contribution >= 4 is 109 Å². The summed E-state index contributed by atoms with van der Waals surface area (Å²) in [6, 6.07) is 56.6. The number of rotatable bonds is 1. The highest BCUT2D eigenvalue weighted by atomic mass is 31.0. The van der Waals surface area contributed by atoms with Crippen molar-refractivity contribution in [3.8, 4) is 11.1 Å². The van der Waals surface area contributed by atoms with Crippen molar-refractivity contribution in [1.29, 1.82) is 0 Å². The van der Waals surface area contributed by atoms with Crippen LogP contribution in [-0.4, -0.2) is 15.7 Å². The Labute approximate surface area is 285 Å². The highest BCUT2D eigenvalue weighted by Gasteiger charge is 2.44. The maximum absolute atomic E-state index is 3.03. The van der Waals surface area contributed by atoms with Gasteiger partial charge in [-0.15, -0.1) is 0 Å². The van der Waals surface area contributed by atoms with Gasteiger partial charge < -0.3 is 13.7 Å². The molecular weight excluding hydrogens is 612 g/mol. The Kier molecular flexibility index (Phi) is 4.91. The molecular formula is C44H27BN3P. The SMILES string of the molecule is Pn1c2ccccc2c2c3c4c(cc21)-c1cccc2c5ccccc5n(c12)B4c1cc2ccccc2cc1N3c1ccc2ccccc2c1. The molecule has 4 heterocycles. The molecule has 10 aromatic rings. The Balaban J connectivity index is 1.35. The average molecular weight is 640 g/mol. The molecule has 3 nitrogen and oxygen atoms in total. The minimum absolute atomic E-state index is 0.00497. The summed E-state index contributed by atoms with van der Waals surface area (Å²) in [5, 5.41) is 10.2. The number of aromatic nitrogens is 2. The number of hydrogen-bond donors (Lipinski definition) is 0. The van der Waals surface area contributed by atoms with E-state index in [1.54, 1.807) is 0 Å². The van der Waals surface area contributed by atoms with Crippen molar-refractivity contribution < 1.29 is 0 Å². The van der Waals surface area contributed by atoms with Gasteiger partial charge in [-0.05, 0) is 83.8 Å². The van der Waals surface area contributed by atoms with Gasteiger partial charge in [0.05, 0.1) is 16.7 Å². The molecule has 226 valence electrons. The highest BCUT2D eigenvalue weighted by molar-refractivity contribution is 7.15. The second-order valence-corrected chi connectivity index (χ2v) is 14.1. The lowest BCUT2D eigenvalue weighted by molar-refractivity contribution is 1.27. The van der Waals surface area contributed by atoms with E-state index in [2.05, 4.69) is 175 Å². The van der Waals surface area contributed by atoms with Gasteiger partial charge in [0.1, 0.15) is 0 Å². The van der Waals surface area contributed by atoms with Gasteiger partial charge in [-0.25, -0.2) is 0 Å². The highest BCUT2D eigenvalue weighted by Crippen LogP contribution is 2.50. The van der Waals surface area contributed by atoms with Gasteiger partial charge in [-0.2, -0.15) is 0 Å². The summed E-state index contributed by atoms with van der Waals surface area (Å²) in [6.45, 7) is -0.00497. The van der Waals surface area contributed by atoms with Crippen LogP contribution in [0.15, 0.2) is 152 Å². The smallest absolute Gasteiger partial charge is 0.333 e. The largest absolute Gasteiger partial charge is 0.375 e. The molecule has 2 aliphatic heterocycles.